The first-order valence-electron chi connectivity index (χ1n) is 20.5. The Morgan fingerprint density at radius 2 is 1.88 bits per heavy atom. The second kappa shape index (κ2) is 17.0. The number of ether oxygens (including phenoxy) is 3. The third-order valence-corrected chi connectivity index (χ3v) is 12.1. The van der Waals surface area contributed by atoms with Gasteiger partial charge in [-0.05, 0) is 111 Å². The molecule has 5 heterocycles. The van der Waals surface area contributed by atoms with Crippen molar-refractivity contribution in [2.24, 2.45) is 17.3 Å². The molecular formula is C45H57N5O7. The minimum absolute atomic E-state index is 0.0609. The number of carbonyl (C=O) groups is 3. The van der Waals surface area contributed by atoms with Crippen LogP contribution in [0.5, 0.6) is 5.75 Å². The van der Waals surface area contributed by atoms with Crippen LogP contribution in [0.1, 0.15) is 83.2 Å². The van der Waals surface area contributed by atoms with Crippen molar-refractivity contribution >= 4 is 28.7 Å². The maximum atomic E-state index is 14.4. The smallest absolute Gasteiger partial charge is 0.324 e. The molecule has 0 aliphatic carbocycles. The number of cyclic esters (lactones) is 1. The van der Waals surface area contributed by atoms with Gasteiger partial charge in [-0.25, -0.2) is 5.43 Å². The highest BCUT2D eigenvalue weighted by Crippen LogP contribution is 2.42. The van der Waals surface area contributed by atoms with Gasteiger partial charge >= 0.3 is 5.97 Å². The fraction of sp³-hybridized carbons (Fsp3) is 0.511. The van der Waals surface area contributed by atoms with E-state index in [1.807, 2.05) is 26.0 Å². The predicted molar refractivity (Wildman–Crippen MR) is 218 cm³/mol. The molecule has 0 saturated carbocycles. The number of nitrogens with zero attached hydrogens (tertiary/aromatic N) is 3. The van der Waals surface area contributed by atoms with Crippen LogP contribution in [0.25, 0.3) is 33.3 Å². The standard InChI is InChI=1S/C45H57N5O7/c1-7-49-39-13-12-31-24-35(39)36(41(49)34-10-8-16-46-40(34)28(3)55-6)25-45(4,5)26-57-44(54)37-11-9-17-50(48-37)43(53)38(22-29-20-32(31)23-33(51)21-29)47-42(52)27(2)30-14-18-56-19-15-30/h8,10,12-13,16,20-21,23-24,27-28,30,37-38,48,51H,7,9,11,14-15,17-19,22,25-26H2,1-6H3,(H,47,52)/t27?,28-,37-,38-/m0/s1. The molecular weight excluding hydrogens is 723 g/mol. The molecule has 2 amide bonds. The first-order chi connectivity index (χ1) is 27.4. The lowest BCUT2D eigenvalue weighted by atomic mass is 9.84. The summed E-state index contributed by atoms with van der Waals surface area (Å²) in [5.74, 6) is -1.09. The molecule has 304 valence electrons. The first kappa shape index (κ1) is 40.4. The van der Waals surface area contributed by atoms with Gasteiger partial charge in [-0.15, -0.1) is 0 Å². The van der Waals surface area contributed by atoms with Gasteiger partial charge in [-0.3, -0.25) is 24.4 Å². The lowest BCUT2D eigenvalue weighted by Crippen LogP contribution is -2.61. The molecule has 6 bridgehead atoms. The predicted octanol–water partition coefficient (Wildman–Crippen LogP) is 6.51. The molecule has 3 N–H and O–H groups in total. The monoisotopic (exact) mass is 779 g/mol. The van der Waals surface area contributed by atoms with Crippen molar-refractivity contribution < 1.29 is 33.7 Å². The van der Waals surface area contributed by atoms with Gasteiger partial charge < -0.3 is 29.2 Å². The highest BCUT2D eigenvalue weighted by molar-refractivity contribution is 5.95. The second-order valence-electron chi connectivity index (χ2n) is 16.8. The van der Waals surface area contributed by atoms with Crippen molar-refractivity contribution in [1.29, 1.82) is 0 Å². The van der Waals surface area contributed by atoms with E-state index in [0.717, 1.165) is 57.4 Å². The van der Waals surface area contributed by atoms with Crippen LogP contribution in [0.3, 0.4) is 0 Å². The van der Waals surface area contributed by atoms with E-state index >= 15 is 0 Å². The van der Waals surface area contributed by atoms with Crippen LogP contribution in [0.4, 0.5) is 0 Å². The van der Waals surface area contributed by atoms with Gasteiger partial charge in [0, 0.05) is 73.8 Å². The summed E-state index contributed by atoms with van der Waals surface area (Å²) in [6.07, 6.45) is 4.92. The average Bonchev–Trinajstić information content (AvgIpc) is 3.52. The number of fused-ring (bicyclic) bond motifs is 6. The first-order valence-corrected chi connectivity index (χ1v) is 20.5. The summed E-state index contributed by atoms with van der Waals surface area (Å²) < 4.78 is 19.7. The molecule has 3 aliphatic rings. The third kappa shape index (κ3) is 8.59. The number of phenols is 1. The van der Waals surface area contributed by atoms with Crippen molar-refractivity contribution in [2.45, 2.75) is 97.9 Å². The second-order valence-corrected chi connectivity index (χ2v) is 16.8. The molecule has 0 radical (unpaired) electrons. The van der Waals surface area contributed by atoms with Crippen molar-refractivity contribution in [3.63, 3.8) is 0 Å². The SMILES string of the molecule is CCn1c(-c2cccnc2[C@H](C)OC)c2c3cc(ccc31)-c1cc(O)cc(c1)C[C@H](NC(=O)C(C)C1CCOCC1)C(=O)N1CCC[C@H](N1)C(=O)OCC(C)(C)C2. The van der Waals surface area contributed by atoms with E-state index in [0.29, 0.717) is 51.1 Å². The van der Waals surface area contributed by atoms with Gasteiger partial charge in [0.05, 0.1) is 24.1 Å². The lowest BCUT2D eigenvalue weighted by Gasteiger charge is -2.36. The number of benzene rings is 2. The lowest BCUT2D eigenvalue weighted by molar-refractivity contribution is -0.155. The number of hydrazine groups is 1. The number of pyridine rings is 1. The molecule has 1 unspecified atom stereocenters. The summed E-state index contributed by atoms with van der Waals surface area (Å²) in [5.41, 5.74) is 10.0. The van der Waals surface area contributed by atoms with Crippen molar-refractivity contribution in [3.8, 4) is 28.1 Å². The zero-order valence-electron chi connectivity index (χ0n) is 34.1. The van der Waals surface area contributed by atoms with E-state index in [9.17, 15) is 19.5 Å². The maximum Gasteiger partial charge on any atom is 0.324 e. The maximum absolute atomic E-state index is 14.4. The summed E-state index contributed by atoms with van der Waals surface area (Å²) in [6, 6.07) is 14.1. The van der Waals surface area contributed by atoms with E-state index in [1.54, 1.807) is 25.4 Å². The van der Waals surface area contributed by atoms with Gasteiger partial charge in [0.15, 0.2) is 0 Å². The van der Waals surface area contributed by atoms with Crippen LogP contribution in [0, 0.1) is 17.3 Å². The zero-order chi connectivity index (χ0) is 40.4. The van der Waals surface area contributed by atoms with Crippen molar-refractivity contribution in [3.05, 3.63) is 71.5 Å². The number of carbonyl (C=O) groups excluding carboxylic acids is 3. The minimum atomic E-state index is -0.951. The van der Waals surface area contributed by atoms with Gasteiger partial charge in [0.2, 0.25) is 5.91 Å². The van der Waals surface area contributed by atoms with Gasteiger partial charge in [-0.2, -0.15) is 0 Å². The molecule has 0 spiro atoms. The van der Waals surface area contributed by atoms with Crippen LogP contribution in [-0.4, -0.2) is 83.0 Å². The van der Waals surface area contributed by atoms with E-state index in [2.05, 4.69) is 60.3 Å². The van der Waals surface area contributed by atoms with E-state index in [1.165, 1.54) is 5.01 Å². The number of nitrogens with one attached hydrogen (secondary N) is 2. The van der Waals surface area contributed by atoms with Crippen molar-refractivity contribution in [1.82, 2.24) is 25.3 Å². The molecule has 2 aromatic heterocycles. The quantitative estimate of drug-likeness (QED) is 0.179. The van der Waals surface area contributed by atoms with E-state index < -0.39 is 23.5 Å². The third-order valence-electron chi connectivity index (χ3n) is 12.1. The number of amides is 2. The molecule has 2 aromatic carbocycles. The minimum Gasteiger partial charge on any atom is -0.508 e. The van der Waals surface area contributed by atoms with Gasteiger partial charge in [0.1, 0.15) is 17.8 Å². The zero-order valence-corrected chi connectivity index (χ0v) is 34.1. The Hall–Kier alpha value is -4.78. The van der Waals surface area contributed by atoms with Crippen LogP contribution >= 0.6 is 0 Å². The fourth-order valence-corrected chi connectivity index (χ4v) is 8.80. The van der Waals surface area contributed by atoms with Gasteiger partial charge in [0.25, 0.3) is 5.91 Å². The summed E-state index contributed by atoms with van der Waals surface area (Å²) >= 11 is 0. The fourth-order valence-electron chi connectivity index (χ4n) is 8.80. The number of esters is 1. The molecule has 4 aromatic rings. The number of aromatic hydroxyl groups is 1. The number of methoxy groups -OCH3 is 1. The number of rotatable bonds is 7. The summed E-state index contributed by atoms with van der Waals surface area (Å²) in [4.78, 5) is 46.7. The van der Waals surface area contributed by atoms with E-state index in [-0.39, 0.29) is 48.5 Å². The summed E-state index contributed by atoms with van der Waals surface area (Å²) in [7, 11) is 1.69. The van der Waals surface area contributed by atoms with Crippen LogP contribution in [-0.2, 0) is 48.0 Å². The van der Waals surface area contributed by atoms with Crippen molar-refractivity contribution in [2.75, 3.05) is 33.5 Å². The van der Waals surface area contributed by atoms with Crippen LogP contribution < -0.4 is 10.7 Å². The Morgan fingerprint density at radius 1 is 1.09 bits per heavy atom. The molecule has 2 saturated heterocycles. The Morgan fingerprint density at radius 3 is 2.63 bits per heavy atom. The number of hydrogen-bond acceptors (Lipinski definition) is 9. The number of hydrogen-bond donors (Lipinski definition) is 3. The molecule has 7 rings (SSSR count). The molecule has 57 heavy (non-hydrogen) atoms. The molecule has 2 fully saturated rings. The summed E-state index contributed by atoms with van der Waals surface area (Å²) in [6.45, 7) is 12.7. The molecule has 4 atom stereocenters. The summed E-state index contributed by atoms with van der Waals surface area (Å²) in [5, 5.41) is 16.8. The molecule has 12 heteroatoms. The molecule has 12 nitrogen and oxygen atoms in total. The van der Waals surface area contributed by atoms with Crippen LogP contribution in [0.2, 0.25) is 0 Å². The molecule has 3 aliphatic heterocycles. The van der Waals surface area contributed by atoms with Crippen LogP contribution in [0.15, 0.2) is 54.7 Å². The Bertz CT molecular complexity index is 2120. The number of phenolic OH excluding ortho intramolecular Hbond substituents is 1. The highest BCUT2D eigenvalue weighted by Gasteiger charge is 2.36. The Labute approximate surface area is 335 Å². The van der Waals surface area contributed by atoms with Gasteiger partial charge in [-0.1, -0.05) is 32.9 Å². The topological polar surface area (TPSA) is 144 Å². The number of aromatic nitrogens is 2. The number of aryl methyl sites for hydroxylation is 1. The Balaban J connectivity index is 1.36. The highest BCUT2D eigenvalue weighted by atomic mass is 16.5. The Kier molecular flexibility index (Phi) is 12.0. The largest absolute Gasteiger partial charge is 0.508 e. The average molecular weight is 780 g/mol. The van der Waals surface area contributed by atoms with E-state index in [4.69, 9.17) is 19.2 Å². The normalized spacial score (nSPS) is 21.8.